The number of hydrogen-bond acceptors (Lipinski definition) is 7. The van der Waals surface area contributed by atoms with Crippen LogP contribution < -0.4 is 15.4 Å². The van der Waals surface area contributed by atoms with Crippen LogP contribution in [0, 0.1) is 0 Å². The first-order valence-electron chi connectivity index (χ1n) is 11.6. The third kappa shape index (κ3) is 8.75. The summed E-state index contributed by atoms with van der Waals surface area (Å²) >= 11 is 1.19. The van der Waals surface area contributed by atoms with Crippen molar-refractivity contribution in [1.29, 1.82) is 0 Å². The molecule has 0 saturated carbocycles. The largest absolute Gasteiger partial charge is 0.457 e. The molecule has 37 heavy (non-hydrogen) atoms. The predicted octanol–water partition coefficient (Wildman–Crippen LogP) is 4.70. The molecule has 1 heterocycles. The number of rotatable bonds is 12. The van der Waals surface area contributed by atoms with Gasteiger partial charge in [-0.2, -0.15) is 0 Å². The predicted molar refractivity (Wildman–Crippen MR) is 142 cm³/mol. The molecule has 0 aliphatic carbocycles. The Morgan fingerprint density at radius 2 is 1.46 bits per heavy atom. The minimum absolute atomic E-state index is 0.00811. The van der Waals surface area contributed by atoms with Crippen molar-refractivity contribution >= 4 is 29.3 Å². The zero-order valence-corrected chi connectivity index (χ0v) is 20.8. The van der Waals surface area contributed by atoms with E-state index in [0.717, 1.165) is 11.3 Å². The van der Waals surface area contributed by atoms with Crippen molar-refractivity contribution < 1.29 is 19.1 Å². The smallest absolute Gasteiger partial charge is 0.249 e. The Hall–Kier alpha value is -4.21. The van der Waals surface area contributed by atoms with Crippen molar-refractivity contribution in [3.63, 3.8) is 0 Å². The number of hydrogen-bond donors (Lipinski definition) is 2. The van der Waals surface area contributed by atoms with Crippen LogP contribution in [0.1, 0.15) is 5.56 Å². The molecule has 8 nitrogen and oxygen atoms in total. The highest BCUT2D eigenvalue weighted by atomic mass is 32.2. The normalized spacial score (nSPS) is 11.4. The summed E-state index contributed by atoms with van der Waals surface area (Å²) in [6.07, 6.45) is 3.22. The Bertz CT molecular complexity index is 1260. The molecule has 0 saturated heterocycles. The highest BCUT2D eigenvalue weighted by Gasteiger charge is 2.22. The molecule has 0 fully saturated rings. The van der Waals surface area contributed by atoms with Gasteiger partial charge in [0, 0.05) is 18.1 Å². The first kappa shape index (κ1) is 25.9. The average Bonchev–Trinajstić information content (AvgIpc) is 2.94. The van der Waals surface area contributed by atoms with Crippen LogP contribution in [0.4, 0.5) is 5.69 Å². The number of aromatic nitrogens is 2. The molecular formula is C28H26N4O4S. The SMILES string of the molecule is O=C(CSc1ncccn1)NC(COCc1ccccc1)C(=O)Nc1ccc(Oc2ccccc2)cc1. The Kier molecular flexibility index (Phi) is 9.63. The number of para-hydroxylation sites is 1. The average molecular weight is 515 g/mol. The number of anilines is 1. The molecule has 2 amide bonds. The lowest BCUT2D eigenvalue weighted by molar-refractivity contribution is -0.126. The molecule has 3 aromatic carbocycles. The van der Waals surface area contributed by atoms with Gasteiger partial charge in [0.25, 0.3) is 0 Å². The fourth-order valence-corrected chi connectivity index (χ4v) is 3.85. The minimum atomic E-state index is -0.895. The fraction of sp³-hybridized carbons (Fsp3) is 0.143. The van der Waals surface area contributed by atoms with E-state index in [2.05, 4.69) is 20.6 Å². The first-order chi connectivity index (χ1) is 18.2. The highest BCUT2D eigenvalue weighted by Crippen LogP contribution is 2.22. The van der Waals surface area contributed by atoms with E-state index in [0.29, 0.717) is 23.2 Å². The zero-order chi connectivity index (χ0) is 25.7. The van der Waals surface area contributed by atoms with E-state index < -0.39 is 6.04 Å². The maximum absolute atomic E-state index is 13.1. The van der Waals surface area contributed by atoms with Crippen molar-refractivity contribution in [2.24, 2.45) is 0 Å². The first-order valence-corrected chi connectivity index (χ1v) is 12.6. The number of amides is 2. The Labute approximate surface area is 219 Å². The van der Waals surface area contributed by atoms with E-state index in [-0.39, 0.29) is 24.2 Å². The second-order valence-electron chi connectivity index (χ2n) is 7.87. The Morgan fingerprint density at radius 3 is 2.16 bits per heavy atom. The van der Waals surface area contributed by atoms with E-state index >= 15 is 0 Å². The van der Waals surface area contributed by atoms with Gasteiger partial charge in [0.15, 0.2) is 5.16 Å². The van der Waals surface area contributed by atoms with E-state index in [9.17, 15) is 9.59 Å². The fourth-order valence-electron chi connectivity index (χ4n) is 3.24. The van der Waals surface area contributed by atoms with Gasteiger partial charge in [-0.1, -0.05) is 60.3 Å². The highest BCUT2D eigenvalue weighted by molar-refractivity contribution is 7.99. The van der Waals surface area contributed by atoms with E-state index in [1.54, 1.807) is 42.7 Å². The van der Waals surface area contributed by atoms with E-state index in [4.69, 9.17) is 9.47 Å². The van der Waals surface area contributed by atoms with Crippen molar-refractivity contribution in [3.05, 3.63) is 109 Å². The van der Waals surface area contributed by atoms with Crippen LogP contribution in [0.15, 0.2) is 109 Å². The summed E-state index contributed by atoms with van der Waals surface area (Å²) in [7, 11) is 0. The molecule has 0 bridgehead atoms. The zero-order valence-electron chi connectivity index (χ0n) is 19.9. The summed E-state index contributed by atoms with van der Waals surface area (Å²) in [6, 6.07) is 26.9. The standard InChI is InChI=1S/C28H26N4O4S/c33-26(20-37-28-29-16-7-17-30-28)32-25(19-35-18-21-8-3-1-4-9-21)27(34)31-22-12-14-24(15-13-22)36-23-10-5-2-6-11-23/h1-17,25H,18-20H2,(H,31,34)(H,32,33). The third-order valence-electron chi connectivity index (χ3n) is 5.02. The second kappa shape index (κ2) is 13.8. The van der Waals surface area contributed by atoms with Gasteiger partial charge in [-0.25, -0.2) is 9.97 Å². The van der Waals surface area contributed by atoms with Gasteiger partial charge < -0.3 is 20.1 Å². The minimum Gasteiger partial charge on any atom is -0.457 e. The third-order valence-corrected chi connectivity index (χ3v) is 5.90. The number of nitrogens with one attached hydrogen (secondary N) is 2. The van der Waals surface area contributed by atoms with Crippen LogP contribution in [-0.2, 0) is 20.9 Å². The number of nitrogens with zero attached hydrogens (tertiary/aromatic N) is 2. The van der Waals surface area contributed by atoms with Crippen LogP contribution in [0.3, 0.4) is 0 Å². The molecule has 1 atom stereocenters. The number of ether oxygens (including phenoxy) is 2. The van der Waals surface area contributed by atoms with Gasteiger partial charge in [0.2, 0.25) is 11.8 Å². The van der Waals surface area contributed by atoms with E-state index in [1.165, 1.54) is 11.8 Å². The lowest BCUT2D eigenvalue weighted by Crippen LogP contribution is -2.47. The van der Waals surface area contributed by atoms with Gasteiger partial charge >= 0.3 is 0 Å². The number of thioether (sulfide) groups is 1. The van der Waals surface area contributed by atoms with Crippen LogP contribution in [0.5, 0.6) is 11.5 Å². The summed E-state index contributed by atoms with van der Waals surface area (Å²) in [6.45, 7) is 0.326. The Balaban J connectivity index is 1.35. The van der Waals surface area contributed by atoms with Crippen molar-refractivity contribution in [2.45, 2.75) is 17.8 Å². The summed E-state index contributed by atoms with van der Waals surface area (Å²) in [5.74, 6) is 0.710. The van der Waals surface area contributed by atoms with Gasteiger partial charge in [-0.15, -0.1) is 0 Å². The van der Waals surface area contributed by atoms with Gasteiger partial charge in [-0.05, 0) is 48.0 Å². The molecule has 2 N–H and O–H groups in total. The molecular weight excluding hydrogens is 488 g/mol. The lowest BCUT2D eigenvalue weighted by atomic mass is 10.2. The summed E-state index contributed by atoms with van der Waals surface area (Å²) in [4.78, 5) is 33.9. The summed E-state index contributed by atoms with van der Waals surface area (Å²) in [5, 5.41) is 6.08. The second-order valence-corrected chi connectivity index (χ2v) is 8.81. The number of benzene rings is 3. The maximum Gasteiger partial charge on any atom is 0.249 e. The van der Waals surface area contributed by atoms with Crippen molar-refractivity contribution in [1.82, 2.24) is 15.3 Å². The maximum atomic E-state index is 13.1. The molecule has 0 radical (unpaired) electrons. The number of carbonyl (C=O) groups excluding carboxylic acids is 2. The van der Waals surface area contributed by atoms with E-state index in [1.807, 2.05) is 60.7 Å². The van der Waals surface area contributed by atoms with Gasteiger partial charge in [0.1, 0.15) is 17.5 Å². The molecule has 4 rings (SSSR count). The van der Waals surface area contributed by atoms with Crippen molar-refractivity contribution in [2.75, 3.05) is 17.7 Å². The number of carbonyl (C=O) groups is 2. The molecule has 9 heteroatoms. The molecule has 4 aromatic rings. The van der Waals surface area contributed by atoms with Gasteiger partial charge in [-0.3, -0.25) is 9.59 Å². The molecule has 0 spiro atoms. The molecule has 0 aliphatic heterocycles. The Morgan fingerprint density at radius 1 is 0.811 bits per heavy atom. The molecule has 1 unspecified atom stereocenters. The molecule has 0 aliphatic rings. The molecule has 1 aromatic heterocycles. The lowest BCUT2D eigenvalue weighted by Gasteiger charge is -2.19. The van der Waals surface area contributed by atoms with Gasteiger partial charge in [0.05, 0.1) is 19.0 Å². The topological polar surface area (TPSA) is 102 Å². The van der Waals surface area contributed by atoms with Crippen LogP contribution in [0.2, 0.25) is 0 Å². The van der Waals surface area contributed by atoms with Crippen LogP contribution in [0.25, 0.3) is 0 Å². The van der Waals surface area contributed by atoms with Crippen molar-refractivity contribution in [3.8, 4) is 11.5 Å². The quantitative estimate of drug-likeness (QED) is 0.209. The monoisotopic (exact) mass is 514 g/mol. The summed E-state index contributed by atoms with van der Waals surface area (Å²) in [5.41, 5.74) is 1.54. The van der Waals surface area contributed by atoms with Crippen LogP contribution in [-0.4, -0.2) is 40.2 Å². The summed E-state index contributed by atoms with van der Waals surface area (Å²) < 4.78 is 11.6. The van der Waals surface area contributed by atoms with Crippen LogP contribution >= 0.6 is 11.8 Å². The molecule has 188 valence electrons.